The van der Waals surface area contributed by atoms with Crippen LogP contribution in [-0.4, -0.2) is 16.5 Å². The number of nitrogens with zero attached hydrogens (tertiary/aromatic N) is 2. The minimum absolute atomic E-state index is 0.174. The van der Waals surface area contributed by atoms with E-state index in [1.54, 1.807) is 24.3 Å². The van der Waals surface area contributed by atoms with Gasteiger partial charge in [-0.3, -0.25) is 4.79 Å². The van der Waals surface area contributed by atoms with E-state index in [-0.39, 0.29) is 18.0 Å². The van der Waals surface area contributed by atoms with E-state index in [0.29, 0.717) is 16.8 Å². The first kappa shape index (κ1) is 16.7. The van der Waals surface area contributed by atoms with Gasteiger partial charge in [-0.2, -0.15) is 8.78 Å². The molecule has 0 radical (unpaired) electrons. The lowest BCUT2D eigenvalue weighted by atomic mass is 10.1. The molecule has 0 unspecified atom stereocenters. The monoisotopic (exact) mass is 347 g/mol. The predicted octanol–water partition coefficient (Wildman–Crippen LogP) is 4.24. The fourth-order valence-corrected chi connectivity index (χ4v) is 2.18. The van der Waals surface area contributed by atoms with Gasteiger partial charge in [0.2, 0.25) is 5.89 Å². The third kappa shape index (κ3) is 3.85. The third-order valence-corrected chi connectivity index (χ3v) is 3.43. The average molecular weight is 347 g/mol. The Hall–Kier alpha value is -3.16. The minimum Gasteiger partial charge on any atom is -0.415 e. The maximum Gasteiger partial charge on any atom is 0.314 e. The highest BCUT2D eigenvalue weighted by molar-refractivity contribution is 5.76. The van der Waals surface area contributed by atoms with Crippen molar-refractivity contribution in [3.63, 3.8) is 0 Å². The van der Waals surface area contributed by atoms with Crippen molar-refractivity contribution >= 4 is 12.0 Å². The van der Waals surface area contributed by atoms with E-state index in [2.05, 4.69) is 15.5 Å². The summed E-state index contributed by atoms with van der Waals surface area (Å²) in [6.45, 7) is 0.181. The van der Waals surface area contributed by atoms with E-state index >= 15 is 0 Å². The van der Waals surface area contributed by atoms with Crippen LogP contribution in [0.4, 0.5) is 18.9 Å². The molecule has 5 nitrogen and oxygen atoms in total. The van der Waals surface area contributed by atoms with Crippen LogP contribution in [-0.2, 0) is 6.54 Å². The molecule has 25 heavy (non-hydrogen) atoms. The number of carbonyl (C=O) groups excluding carboxylic acids is 1. The standard InChI is InChI=1S/C17H12F3N3O2/c18-14-7-11(16-22-23-17(25-16)15(19)20)4-5-12(14)8-21-13-3-1-2-10(6-13)9-24/h1-7,9,15,21H,8H2. The number of benzene rings is 2. The van der Waals surface area contributed by atoms with Crippen molar-refractivity contribution in [2.24, 2.45) is 0 Å². The molecule has 0 atom stereocenters. The van der Waals surface area contributed by atoms with E-state index in [0.717, 1.165) is 12.4 Å². The molecule has 0 spiro atoms. The maximum atomic E-state index is 14.2. The van der Waals surface area contributed by atoms with Crippen molar-refractivity contribution in [1.29, 1.82) is 0 Å². The molecule has 0 bridgehead atoms. The zero-order chi connectivity index (χ0) is 17.8. The van der Waals surface area contributed by atoms with Gasteiger partial charge in [-0.1, -0.05) is 18.2 Å². The van der Waals surface area contributed by atoms with Gasteiger partial charge in [0.1, 0.15) is 12.1 Å². The lowest BCUT2D eigenvalue weighted by molar-refractivity contribution is 0.112. The normalized spacial score (nSPS) is 10.9. The molecule has 3 rings (SSSR count). The molecule has 0 amide bonds. The summed E-state index contributed by atoms with van der Waals surface area (Å²) >= 11 is 0. The van der Waals surface area contributed by atoms with Crippen molar-refractivity contribution in [2.75, 3.05) is 5.32 Å². The topological polar surface area (TPSA) is 68.0 Å². The lowest BCUT2D eigenvalue weighted by Crippen LogP contribution is -2.02. The summed E-state index contributed by atoms with van der Waals surface area (Å²) in [5, 5.41) is 9.69. The molecule has 0 fully saturated rings. The Morgan fingerprint density at radius 3 is 2.68 bits per heavy atom. The van der Waals surface area contributed by atoms with Crippen molar-refractivity contribution < 1.29 is 22.4 Å². The molecule has 1 heterocycles. The van der Waals surface area contributed by atoms with Crippen molar-refractivity contribution in [3.05, 3.63) is 65.3 Å². The molecule has 0 aliphatic heterocycles. The third-order valence-electron chi connectivity index (χ3n) is 3.43. The zero-order valence-corrected chi connectivity index (χ0v) is 12.7. The number of aromatic nitrogens is 2. The summed E-state index contributed by atoms with van der Waals surface area (Å²) in [4.78, 5) is 10.7. The van der Waals surface area contributed by atoms with Crippen molar-refractivity contribution in [1.82, 2.24) is 10.2 Å². The maximum absolute atomic E-state index is 14.2. The van der Waals surface area contributed by atoms with Crippen LogP contribution in [0, 0.1) is 5.82 Å². The number of nitrogens with one attached hydrogen (secondary N) is 1. The van der Waals surface area contributed by atoms with E-state index < -0.39 is 18.1 Å². The molecule has 0 saturated carbocycles. The molecule has 1 aromatic heterocycles. The Labute approximate surface area is 140 Å². The molecule has 0 aliphatic rings. The highest BCUT2D eigenvalue weighted by atomic mass is 19.3. The minimum atomic E-state index is -2.88. The van der Waals surface area contributed by atoms with Crippen LogP contribution >= 0.6 is 0 Å². The Morgan fingerprint density at radius 2 is 2.00 bits per heavy atom. The smallest absolute Gasteiger partial charge is 0.314 e. The van der Waals surface area contributed by atoms with E-state index in [9.17, 15) is 18.0 Å². The van der Waals surface area contributed by atoms with Gasteiger partial charge in [-0.05, 0) is 24.3 Å². The Kier molecular flexibility index (Phi) is 4.78. The highest BCUT2D eigenvalue weighted by Gasteiger charge is 2.17. The van der Waals surface area contributed by atoms with Gasteiger partial charge in [-0.25, -0.2) is 4.39 Å². The second kappa shape index (κ2) is 7.16. The summed E-state index contributed by atoms with van der Waals surface area (Å²) in [6.07, 6.45) is -2.16. The Morgan fingerprint density at radius 1 is 1.16 bits per heavy atom. The summed E-state index contributed by atoms with van der Waals surface area (Å²) in [5.74, 6) is -1.53. The number of aldehydes is 1. The van der Waals surface area contributed by atoms with Crippen LogP contribution in [0.25, 0.3) is 11.5 Å². The van der Waals surface area contributed by atoms with E-state index in [1.165, 1.54) is 12.1 Å². The van der Waals surface area contributed by atoms with Gasteiger partial charge < -0.3 is 9.73 Å². The van der Waals surface area contributed by atoms with Gasteiger partial charge in [0, 0.05) is 28.9 Å². The van der Waals surface area contributed by atoms with Gasteiger partial charge in [0.25, 0.3) is 5.89 Å². The first-order valence-electron chi connectivity index (χ1n) is 7.26. The van der Waals surface area contributed by atoms with E-state index in [4.69, 9.17) is 4.42 Å². The van der Waals surface area contributed by atoms with Gasteiger partial charge in [0.15, 0.2) is 0 Å². The second-order valence-electron chi connectivity index (χ2n) is 5.15. The quantitative estimate of drug-likeness (QED) is 0.676. The van der Waals surface area contributed by atoms with Crippen LogP contribution in [0.1, 0.15) is 28.2 Å². The molecule has 128 valence electrons. The van der Waals surface area contributed by atoms with Crippen LogP contribution in [0.3, 0.4) is 0 Å². The first-order valence-corrected chi connectivity index (χ1v) is 7.26. The highest BCUT2D eigenvalue weighted by Crippen LogP contribution is 2.25. The molecule has 2 aromatic carbocycles. The molecule has 3 aromatic rings. The number of rotatable bonds is 6. The molecule has 1 N–H and O–H groups in total. The Balaban J connectivity index is 1.74. The van der Waals surface area contributed by atoms with Crippen molar-refractivity contribution in [3.8, 4) is 11.5 Å². The number of hydrogen-bond acceptors (Lipinski definition) is 5. The summed E-state index contributed by atoms with van der Waals surface area (Å²) < 4.78 is 43.9. The van der Waals surface area contributed by atoms with Crippen LogP contribution < -0.4 is 5.32 Å². The summed E-state index contributed by atoms with van der Waals surface area (Å²) in [6, 6.07) is 10.9. The average Bonchev–Trinajstić information content (AvgIpc) is 3.11. The van der Waals surface area contributed by atoms with Crippen LogP contribution in [0.5, 0.6) is 0 Å². The molecular formula is C17H12F3N3O2. The lowest BCUT2D eigenvalue weighted by Gasteiger charge is -2.08. The van der Waals surface area contributed by atoms with Crippen LogP contribution in [0.15, 0.2) is 46.9 Å². The van der Waals surface area contributed by atoms with Gasteiger partial charge >= 0.3 is 6.43 Å². The molecule has 0 saturated heterocycles. The summed E-state index contributed by atoms with van der Waals surface area (Å²) in [7, 11) is 0. The number of hydrogen-bond donors (Lipinski definition) is 1. The Bertz CT molecular complexity index is 896. The van der Waals surface area contributed by atoms with Crippen LogP contribution in [0.2, 0.25) is 0 Å². The number of anilines is 1. The molecular weight excluding hydrogens is 335 g/mol. The number of halogens is 3. The predicted molar refractivity (Wildman–Crippen MR) is 83.8 cm³/mol. The fraction of sp³-hybridized carbons (Fsp3) is 0.118. The summed E-state index contributed by atoms with van der Waals surface area (Å²) in [5.41, 5.74) is 1.75. The van der Waals surface area contributed by atoms with Gasteiger partial charge in [0.05, 0.1) is 0 Å². The second-order valence-corrected chi connectivity index (χ2v) is 5.15. The first-order chi connectivity index (χ1) is 12.1. The largest absolute Gasteiger partial charge is 0.415 e. The zero-order valence-electron chi connectivity index (χ0n) is 12.7. The number of alkyl halides is 2. The number of carbonyl (C=O) groups is 1. The SMILES string of the molecule is O=Cc1cccc(NCc2ccc(-c3nnc(C(F)F)o3)cc2F)c1. The molecule has 0 aliphatic carbocycles. The van der Waals surface area contributed by atoms with E-state index in [1.807, 2.05) is 0 Å². The van der Waals surface area contributed by atoms with Gasteiger partial charge in [-0.15, -0.1) is 10.2 Å². The molecule has 8 heteroatoms. The fourth-order valence-electron chi connectivity index (χ4n) is 2.18. The van der Waals surface area contributed by atoms with Crippen molar-refractivity contribution in [2.45, 2.75) is 13.0 Å².